The first-order valence-electron chi connectivity index (χ1n) is 8.42. The van der Waals surface area contributed by atoms with E-state index >= 15 is 0 Å². The van der Waals surface area contributed by atoms with Gasteiger partial charge in [0.15, 0.2) is 5.96 Å². The van der Waals surface area contributed by atoms with Crippen LogP contribution in [0.25, 0.3) is 0 Å². The highest BCUT2D eigenvalue weighted by Gasteiger charge is 2.08. The highest BCUT2D eigenvalue weighted by Crippen LogP contribution is 2.12. The predicted octanol–water partition coefficient (Wildman–Crippen LogP) is 2.49. The summed E-state index contributed by atoms with van der Waals surface area (Å²) in [6.45, 7) is 7.41. The number of likely N-dealkylation sites (N-methyl/N-ethyl adjacent to an activating group) is 1. The first-order chi connectivity index (χ1) is 11.8. The van der Waals surface area contributed by atoms with Gasteiger partial charge in [-0.2, -0.15) is 0 Å². The normalized spacial score (nSPS) is 12.2. The molecule has 0 spiro atoms. The second-order valence-electron chi connectivity index (χ2n) is 6.49. The Balaban J connectivity index is 0.00000625. The number of guanidine groups is 1. The molecule has 1 unspecified atom stereocenters. The summed E-state index contributed by atoms with van der Waals surface area (Å²) < 4.78 is 18.6. The van der Waals surface area contributed by atoms with E-state index in [4.69, 9.17) is 4.74 Å². The molecule has 0 fully saturated rings. The van der Waals surface area contributed by atoms with Gasteiger partial charge >= 0.3 is 0 Å². The van der Waals surface area contributed by atoms with Crippen molar-refractivity contribution in [3.63, 3.8) is 0 Å². The van der Waals surface area contributed by atoms with Crippen molar-refractivity contribution < 1.29 is 13.9 Å². The van der Waals surface area contributed by atoms with Crippen LogP contribution in [0.2, 0.25) is 0 Å². The van der Waals surface area contributed by atoms with Crippen LogP contribution in [0.5, 0.6) is 5.75 Å². The zero-order valence-electron chi connectivity index (χ0n) is 16.1. The molecule has 6 nitrogen and oxygen atoms in total. The van der Waals surface area contributed by atoms with Crippen molar-refractivity contribution in [2.75, 3.05) is 33.7 Å². The van der Waals surface area contributed by atoms with Crippen molar-refractivity contribution in [3.05, 3.63) is 30.1 Å². The Morgan fingerprint density at radius 2 is 1.73 bits per heavy atom. The number of benzene rings is 1. The molecule has 0 saturated heterocycles. The van der Waals surface area contributed by atoms with Crippen LogP contribution < -0.4 is 15.4 Å². The Kier molecular flexibility index (Phi) is 11.9. The number of hydrogen-bond donors (Lipinski definition) is 2. The van der Waals surface area contributed by atoms with Gasteiger partial charge in [0.2, 0.25) is 5.91 Å². The van der Waals surface area contributed by atoms with Crippen molar-refractivity contribution >= 4 is 35.8 Å². The van der Waals surface area contributed by atoms with Crippen molar-refractivity contribution in [1.29, 1.82) is 0 Å². The van der Waals surface area contributed by atoms with E-state index < -0.39 is 0 Å². The Hall–Kier alpha value is -1.58. The molecule has 26 heavy (non-hydrogen) atoms. The number of carbonyl (C=O) groups excluding carboxylic acids is 1. The zero-order valence-corrected chi connectivity index (χ0v) is 18.4. The molecule has 1 amide bonds. The molecule has 1 aromatic carbocycles. The molecule has 0 aromatic heterocycles. The number of ether oxygens (including phenoxy) is 1. The third-order valence-corrected chi connectivity index (χ3v) is 3.26. The molecule has 1 rings (SSSR count). The lowest BCUT2D eigenvalue weighted by atomic mass is 10.2. The summed E-state index contributed by atoms with van der Waals surface area (Å²) in [5.74, 6) is 1.26. The van der Waals surface area contributed by atoms with Gasteiger partial charge in [0.25, 0.3) is 0 Å². The lowest BCUT2D eigenvalue weighted by Gasteiger charge is -2.19. The Labute approximate surface area is 172 Å². The number of nitrogens with zero attached hydrogens (tertiary/aromatic N) is 2. The molecule has 1 atom stereocenters. The van der Waals surface area contributed by atoms with E-state index in [1.807, 2.05) is 6.92 Å². The van der Waals surface area contributed by atoms with Crippen LogP contribution in [0.4, 0.5) is 4.39 Å². The lowest BCUT2D eigenvalue weighted by Crippen LogP contribution is -2.43. The van der Waals surface area contributed by atoms with Crippen LogP contribution in [-0.2, 0) is 4.79 Å². The Morgan fingerprint density at radius 1 is 1.15 bits per heavy atom. The number of hydrogen-bond acceptors (Lipinski definition) is 3. The molecule has 0 bridgehead atoms. The topological polar surface area (TPSA) is 66.0 Å². The fourth-order valence-electron chi connectivity index (χ4n) is 1.79. The minimum absolute atomic E-state index is 0. The minimum atomic E-state index is -0.295. The molecular formula is C18H30FIN4O2. The van der Waals surface area contributed by atoms with Crippen molar-refractivity contribution in [2.24, 2.45) is 10.9 Å². The molecule has 1 aromatic rings. The van der Waals surface area contributed by atoms with Crippen LogP contribution in [0, 0.1) is 11.7 Å². The van der Waals surface area contributed by atoms with Crippen LogP contribution >= 0.6 is 24.0 Å². The van der Waals surface area contributed by atoms with Gasteiger partial charge in [-0.1, -0.05) is 13.8 Å². The van der Waals surface area contributed by atoms with Gasteiger partial charge < -0.3 is 20.3 Å². The third-order valence-electron chi connectivity index (χ3n) is 3.26. The smallest absolute Gasteiger partial charge is 0.243 e. The largest absolute Gasteiger partial charge is 0.489 e. The molecule has 0 heterocycles. The number of rotatable bonds is 8. The van der Waals surface area contributed by atoms with E-state index in [1.165, 1.54) is 17.0 Å². The Morgan fingerprint density at radius 3 is 2.27 bits per heavy atom. The summed E-state index contributed by atoms with van der Waals surface area (Å²) in [5.41, 5.74) is 0. The average molecular weight is 480 g/mol. The monoisotopic (exact) mass is 480 g/mol. The number of carbonyl (C=O) groups is 1. The summed E-state index contributed by atoms with van der Waals surface area (Å²) in [4.78, 5) is 17.5. The van der Waals surface area contributed by atoms with Crippen LogP contribution in [0.3, 0.4) is 0 Å². The maximum absolute atomic E-state index is 12.9. The van der Waals surface area contributed by atoms with E-state index in [2.05, 4.69) is 29.5 Å². The van der Waals surface area contributed by atoms with E-state index in [-0.39, 0.29) is 48.3 Å². The van der Waals surface area contributed by atoms with Gasteiger partial charge in [0.1, 0.15) is 24.2 Å². The van der Waals surface area contributed by atoms with E-state index in [0.717, 1.165) is 6.54 Å². The maximum atomic E-state index is 12.9. The first-order valence-corrected chi connectivity index (χ1v) is 8.42. The maximum Gasteiger partial charge on any atom is 0.243 e. The van der Waals surface area contributed by atoms with Crippen molar-refractivity contribution in [1.82, 2.24) is 15.5 Å². The highest BCUT2D eigenvalue weighted by atomic mass is 127. The number of aliphatic imine (C=N–C) groups is 1. The van der Waals surface area contributed by atoms with Crippen LogP contribution in [-0.4, -0.2) is 56.6 Å². The van der Waals surface area contributed by atoms with Gasteiger partial charge in [0, 0.05) is 20.6 Å². The summed E-state index contributed by atoms with van der Waals surface area (Å²) >= 11 is 0. The molecule has 0 aliphatic heterocycles. The second-order valence-corrected chi connectivity index (χ2v) is 6.49. The standard InChI is InChI=1S/C18H29FN4O2.HI/c1-13(2)10-20-18(22-12-17(24)23(4)5)21-11-14(3)25-16-8-6-15(19)7-9-16;/h6-9,13-14H,10-12H2,1-5H3,(H2,20,21,22);1H. The number of amides is 1. The highest BCUT2D eigenvalue weighted by molar-refractivity contribution is 14.0. The fourth-order valence-corrected chi connectivity index (χ4v) is 1.79. The summed E-state index contributed by atoms with van der Waals surface area (Å²) in [6, 6.07) is 5.90. The number of halogens is 2. The zero-order chi connectivity index (χ0) is 18.8. The molecule has 2 N–H and O–H groups in total. The minimum Gasteiger partial charge on any atom is -0.489 e. The Bertz CT molecular complexity index is 565. The van der Waals surface area contributed by atoms with E-state index in [1.54, 1.807) is 26.2 Å². The van der Waals surface area contributed by atoms with E-state index in [0.29, 0.717) is 24.2 Å². The summed E-state index contributed by atoms with van der Waals surface area (Å²) in [7, 11) is 3.40. The van der Waals surface area contributed by atoms with Gasteiger partial charge in [0.05, 0.1) is 6.54 Å². The summed E-state index contributed by atoms with van der Waals surface area (Å²) in [5, 5.41) is 6.37. The molecule has 0 saturated carbocycles. The van der Waals surface area contributed by atoms with Gasteiger partial charge in [-0.05, 0) is 37.1 Å². The molecular weight excluding hydrogens is 450 g/mol. The average Bonchev–Trinajstić information content (AvgIpc) is 2.55. The van der Waals surface area contributed by atoms with Crippen LogP contribution in [0.1, 0.15) is 20.8 Å². The lowest BCUT2D eigenvalue weighted by molar-refractivity contribution is -0.127. The molecule has 0 aliphatic carbocycles. The molecule has 148 valence electrons. The quantitative estimate of drug-likeness (QED) is 0.341. The third kappa shape index (κ3) is 10.4. The van der Waals surface area contributed by atoms with Gasteiger partial charge in [-0.15, -0.1) is 24.0 Å². The molecule has 8 heteroatoms. The van der Waals surface area contributed by atoms with Gasteiger partial charge in [-0.3, -0.25) is 4.79 Å². The number of nitrogens with one attached hydrogen (secondary N) is 2. The SMILES string of the molecule is CC(C)CNC(=NCC(=O)N(C)C)NCC(C)Oc1ccc(F)cc1.I. The molecule has 0 aliphatic rings. The van der Waals surface area contributed by atoms with E-state index in [9.17, 15) is 9.18 Å². The summed E-state index contributed by atoms with van der Waals surface area (Å²) in [6.07, 6.45) is -0.152. The molecule has 0 radical (unpaired) electrons. The van der Waals surface area contributed by atoms with Crippen LogP contribution in [0.15, 0.2) is 29.3 Å². The fraction of sp³-hybridized carbons (Fsp3) is 0.556. The first kappa shape index (κ1) is 24.4. The van der Waals surface area contributed by atoms with Crippen molar-refractivity contribution in [3.8, 4) is 5.75 Å². The van der Waals surface area contributed by atoms with Gasteiger partial charge in [-0.25, -0.2) is 9.38 Å². The predicted molar refractivity (Wildman–Crippen MR) is 114 cm³/mol. The second kappa shape index (κ2) is 12.7. The van der Waals surface area contributed by atoms with Crippen molar-refractivity contribution in [2.45, 2.75) is 26.9 Å².